The number of benzene rings is 1. The number of nitro benzene ring substituents is 1. The van der Waals surface area contributed by atoms with Crippen molar-refractivity contribution in [3.05, 3.63) is 33.9 Å². The molecular formula is C11H12N2O5. The number of carboxylic acids is 1. The van der Waals surface area contributed by atoms with Gasteiger partial charge in [-0.15, -0.1) is 0 Å². The average Bonchev–Trinajstić information content (AvgIpc) is 2.39. The summed E-state index contributed by atoms with van der Waals surface area (Å²) in [7, 11) is 0. The van der Waals surface area contributed by atoms with Crippen molar-refractivity contribution in [3.63, 3.8) is 0 Å². The van der Waals surface area contributed by atoms with Crippen LogP contribution in [-0.2, 0) is 4.74 Å². The van der Waals surface area contributed by atoms with Crippen molar-refractivity contribution in [1.29, 1.82) is 0 Å². The number of ether oxygens (including phenoxy) is 1. The van der Waals surface area contributed by atoms with Gasteiger partial charge < -0.3 is 14.7 Å². The predicted molar refractivity (Wildman–Crippen MR) is 63.1 cm³/mol. The molecular weight excluding hydrogens is 240 g/mol. The Balaban J connectivity index is 2.42. The fraction of sp³-hybridized carbons (Fsp3) is 0.364. The molecule has 0 radical (unpaired) electrons. The molecule has 0 spiro atoms. The van der Waals surface area contributed by atoms with Crippen molar-refractivity contribution < 1.29 is 19.6 Å². The minimum absolute atomic E-state index is 0.0436. The first-order valence-electron chi connectivity index (χ1n) is 5.44. The molecule has 96 valence electrons. The zero-order chi connectivity index (χ0) is 13.1. The molecule has 0 aromatic heterocycles. The number of carbonyl (C=O) groups is 1. The second kappa shape index (κ2) is 5.01. The van der Waals surface area contributed by atoms with Crippen molar-refractivity contribution in [2.24, 2.45) is 0 Å². The number of hydrogen-bond acceptors (Lipinski definition) is 5. The maximum absolute atomic E-state index is 10.9. The second-order valence-corrected chi connectivity index (χ2v) is 3.87. The van der Waals surface area contributed by atoms with Gasteiger partial charge >= 0.3 is 5.97 Å². The van der Waals surface area contributed by atoms with Gasteiger partial charge in [0.15, 0.2) is 0 Å². The van der Waals surface area contributed by atoms with Crippen LogP contribution in [0.4, 0.5) is 11.4 Å². The van der Waals surface area contributed by atoms with Gasteiger partial charge in [-0.2, -0.15) is 0 Å². The molecule has 1 fully saturated rings. The van der Waals surface area contributed by atoms with Crippen molar-refractivity contribution in [3.8, 4) is 0 Å². The van der Waals surface area contributed by atoms with Crippen LogP contribution in [0, 0.1) is 10.1 Å². The van der Waals surface area contributed by atoms with Crippen molar-refractivity contribution >= 4 is 17.3 Å². The number of morpholine rings is 1. The van der Waals surface area contributed by atoms with E-state index in [0.717, 1.165) is 0 Å². The Kier molecular flexibility index (Phi) is 3.42. The maximum Gasteiger partial charge on any atom is 0.335 e. The van der Waals surface area contributed by atoms with Crippen LogP contribution in [0.15, 0.2) is 18.2 Å². The molecule has 1 aliphatic heterocycles. The largest absolute Gasteiger partial charge is 0.478 e. The molecule has 1 heterocycles. The summed E-state index contributed by atoms with van der Waals surface area (Å²) in [5, 5.41) is 19.9. The molecule has 18 heavy (non-hydrogen) atoms. The molecule has 0 aliphatic carbocycles. The molecule has 0 amide bonds. The highest BCUT2D eigenvalue weighted by Crippen LogP contribution is 2.29. The van der Waals surface area contributed by atoms with E-state index in [1.807, 2.05) is 0 Å². The van der Waals surface area contributed by atoms with Crippen molar-refractivity contribution in [1.82, 2.24) is 0 Å². The lowest BCUT2D eigenvalue weighted by molar-refractivity contribution is -0.384. The SMILES string of the molecule is O=C(O)c1ccc([N+](=O)[O-])c(N2CCOCC2)c1. The zero-order valence-corrected chi connectivity index (χ0v) is 9.54. The molecule has 7 nitrogen and oxygen atoms in total. The normalized spacial score (nSPS) is 15.4. The smallest absolute Gasteiger partial charge is 0.335 e. The van der Waals surface area contributed by atoms with Gasteiger partial charge in [0.2, 0.25) is 0 Å². The van der Waals surface area contributed by atoms with Crippen LogP contribution in [0.5, 0.6) is 0 Å². The van der Waals surface area contributed by atoms with Crippen LogP contribution in [0.25, 0.3) is 0 Å². The van der Waals surface area contributed by atoms with E-state index in [1.54, 1.807) is 4.90 Å². The summed E-state index contributed by atoms with van der Waals surface area (Å²) in [6, 6.07) is 3.81. The molecule has 1 N–H and O–H groups in total. The first-order chi connectivity index (χ1) is 8.59. The number of anilines is 1. The summed E-state index contributed by atoms with van der Waals surface area (Å²) in [4.78, 5) is 23.1. The third-order valence-corrected chi connectivity index (χ3v) is 2.77. The molecule has 1 aromatic rings. The van der Waals surface area contributed by atoms with Crippen LogP contribution in [0.1, 0.15) is 10.4 Å². The summed E-state index contributed by atoms with van der Waals surface area (Å²) in [6.07, 6.45) is 0. The van der Waals surface area contributed by atoms with Gasteiger partial charge in [0.1, 0.15) is 5.69 Å². The Morgan fingerprint density at radius 1 is 1.39 bits per heavy atom. The monoisotopic (exact) mass is 252 g/mol. The van der Waals surface area contributed by atoms with E-state index < -0.39 is 10.9 Å². The Labute approximate surface area is 103 Å². The molecule has 0 atom stereocenters. The number of rotatable bonds is 3. The van der Waals surface area contributed by atoms with Crippen LogP contribution >= 0.6 is 0 Å². The van der Waals surface area contributed by atoms with Gasteiger partial charge in [-0.1, -0.05) is 0 Å². The Hall–Kier alpha value is -2.15. The maximum atomic E-state index is 10.9. The Bertz CT molecular complexity index is 482. The van der Waals surface area contributed by atoms with Gasteiger partial charge in [0, 0.05) is 19.2 Å². The molecule has 1 aromatic carbocycles. The lowest BCUT2D eigenvalue weighted by Crippen LogP contribution is -2.36. The van der Waals surface area contributed by atoms with E-state index in [1.165, 1.54) is 18.2 Å². The predicted octanol–water partition coefficient (Wildman–Crippen LogP) is 1.13. The van der Waals surface area contributed by atoms with E-state index in [-0.39, 0.29) is 11.3 Å². The standard InChI is InChI=1S/C11H12N2O5/c14-11(15)8-1-2-9(13(16)17)10(7-8)12-3-5-18-6-4-12/h1-2,7H,3-6H2,(H,14,15). The number of aromatic carboxylic acids is 1. The van der Waals surface area contributed by atoms with Gasteiger partial charge in [-0.3, -0.25) is 10.1 Å². The fourth-order valence-corrected chi connectivity index (χ4v) is 1.87. The van der Waals surface area contributed by atoms with E-state index in [0.29, 0.717) is 32.0 Å². The van der Waals surface area contributed by atoms with E-state index >= 15 is 0 Å². The third kappa shape index (κ3) is 2.40. The number of hydrogen-bond donors (Lipinski definition) is 1. The first kappa shape index (κ1) is 12.3. The van der Waals surface area contributed by atoms with Gasteiger partial charge in [-0.25, -0.2) is 4.79 Å². The fourth-order valence-electron chi connectivity index (χ4n) is 1.87. The summed E-state index contributed by atoms with van der Waals surface area (Å²) < 4.78 is 5.17. The molecule has 0 bridgehead atoms. The number of nitrogens with zero attached hydrogens (tertiary/aromatic N) is 2. The highest BCUT2D eigenvalue weighted by Gasteiger charge is 2.22. The Morgan fingerprint density at radius 3 is 2.61 bits per heavy atom. The van der Waals surface area contributed by atoms with Crippen LogP contribution in [0.2, 0.25) is 0 Å². The van der Waals surface area contributed by atoms with E-state index in [9.17, 15) is 14.9 Å². The third-order valence-electron chi connectivity index (χ3n) is 2.77. The van der Waals surface area contributed by atoms with Crippen LogP contribution in [0.3, 0.4) is 0 Å². The van der Waals surface area contributed by atoms with E-state index in [4.69, 9.17) is 9.84 Å². The average molecular weight is 252 g/mol. The summed E-state index contributed by atoms with van der Waals surface area (Å²) in [5.41, 5.74) is 0.298. The minimum Gasteiger partial charge on any atom is -0.478 e. The lowest BCUT2D eigenvalue weighted by Gasteiger charge is -2.28. The second-order valence-electron chi connectivity index (χ2n) is 3.87. The van der Waals surface area contributed by atoms with Crippen LogP contribution < -0.4 is 4.90 Å². The molecule has 0 unspecified atom stereocenters. The lowest BCUT2D eigenvalue weighted by atomic mass is 10.1. The summed E-state index contributed by atoms with van der Waals surface area (Å²) in [6.45, 7) is 2.00. The van der Waals surface area contributed by atoms with Gasteiger partial charge in [0.25, 0.3) is 5.69 Å². The number of carboxylic acid groups (broad SMARTS) is 1. The highest BCUT2D eigenvalue weighted by molar-refractivity contribution is 5.90. The summed E-state index contributed by atoms with van der Waals surface area (Å²) >= 11 is 0. The topological polar surface area (TPSA) is 92.9 Å². The van der Waals surface area contributed by atoms with Crippen LogP contribution in [-0.4, -0.2) is 42.3 Å². The Morgan fingerprint density at radius 2 is 2.06 bits per heavy atom. The number of nitro groups is 1. The van der Waals surface area contributed by atoms with Crippen molar-refractivity contribution in [2.75, 3.05) is 31.2 Å². The minimum atomic E-state index is -1.10. The van der Waals surface area contributed by atoms with Crippen molar-refractivity contribution in [2.45, 2.75) is 0 Å². The zero-order valence-electron chi connectivity index (χ0n) is 9.54. The molecule has 7 heteroatoms. The quantitative estimate of drug-likeness (QED) is 0.640. The molecule has 1 aliphatic rings. The molecule has 0 saturated carbocycles. The van der Waals surface area contributed by atoms with E-state index in [2.05, 4.69) is 0 Å². The van der Waals surface area contributed by atoms with Gasteiger partial charge in [-0.05, 0) is 12.1 Å². The molecule has 1 saturated heterocycles. The van der Waals surface area contributed by atoms with Gasteiger partial charge in [0.05, 0.1) is 23.7 Å². The molecule has 2 rings (SSSR count). The first-order valence-corrected chi connectivity index (χ1v) is 5.44. The summed E-state index contributed by atoms with van der Waals surface area (Å²) in [5.74, 6) is -1.10. The highest BCUT2D eigenvalue weighted by atomic mass is 16.6.